The van der Waals surface area contributed by atoms with E-state index in [0.29, 0.717) is 50.3 Å². The van der Waals surface area contributed by atoms with Crippen LogP contribution in [0, 0.1) is 5.82 Å². The zero-order valence-corrected chi connectivity index (χ0v) is 15.1. The topological polar surface area (TPSA) is 87.4 Å². The molecule has 3 heterocycles. The molecule has 28 heavy (non-hydrogen) atoms. The molecule has 3 aromatic rings. The van der Waals surface area contributed by atoms with Gasteiger partial charge in [0.2, 0.25) is 5.95 Å². The Hall–Kier alpha value is -3.49. The van der Waals surface area contributed by atoms with E-state index in [9.17, 15) is 9.18 Å². The van der Waals surface area contributed by atoms with Gasteiger partial charge in [0.05, 0.1) is 12.5 Å². The fraction of sp³-hybridized carbons (Fsp3) is 0.263. The van der Waals surface area contributed by atoms with Crippen molar-refractivity contribution >= 4 is 17.7 Å². The molecule has 144 valence electrons. The number of rotatable bonds is 5. The van der Waals surface area contributed by atoms with E-state index in [1.165, 1.54) is 18.4 Å². The maximum absolute atomic E-state index is 13.0. The molecule has 1 saturated heterocycles. The number of benzene rings is 1. The Morgan fingerprint density at radius 1 is 1.14 bits per heavy atom. The van der Waals surface area contributed by atoms with Gasteiger partial charge >= 0.3 is 0 Å². The van der Waals surface area contributed by atoms with E-state index in [-0.39, 0.29) is 11.7 Å². The molecule has 0 radical (unpaired) electrons. The molecule has 1 aliphatic heterocycles. The highest BCUT2D eigenvalue weighted by Crippen LogP contribution is 2.15. The second-order valence-corrected chi connectivity index (χ2v) is 6.38. The largest absolute Gasteiger partial charge is 0.459 e. The number of aromatic nitrogens is 3. The van der Waals surface area contributed by atoms with Crippen molar-refractivity contribution in [3.8, 4) is 0 Å². The Morgan fingerprint density at radius 3 is 2.64 bits per heavy atom. The number of nitrogens with zero attached hydrogens (tertiary/aromatic N) is 5. The third-order valence-electron chi connectivity index (χ3n) is 4.52. The molecule has 0 bridgehead atoms. The predicted molar refractivity (Wildman–Crippen MR) is 100 cm³/mol. The van der Waals surface area contributed by atoms with Crippen LogP contribution in [0.2, 0.25) is 0 Å². The number of amides is 1. The highest BCUT2D eigenvalue weighted by molar-refractivity contribution is 5.91. The van der Waals surface area contributed by atoms with Gasteiger partial charge in [0.25, 0.3) is 5.91 Å². The lowest BCUT2D eigenvalue weighted by molar-refractivity contribution is 0.0714. The molecule has 8 nitrogen and oxygen atoms in total. The maximum Gasteiger partial charge on any atom is 0.289 e. The number of carbonyl (C=O) groups excluding carboxylic acids is 1. The molecule has 0 aliphatic carbocycles. The van der Waals surface area contributed by atoms with Crippen LogP contribution in [0.5, 0.6) is 0 Å². The van der Waals surface area contributed by atoms with E-state index in [1.807, 2.05) is 4.90 Å². The summed E-state index contributed by atoms with van der Waals surface area (Å²) in [7, 11) is 0. The smallest absolute Gasteiger partial charge is 0.289 e. The van der Waals surface area contributed by atoms with Gasteiger partial charge in [-0.1, -0.05) is 12.1 Å². The van der Waals surface area contributed by atoms with Crippen molar-refractivity contribution in [3.63, 3.8) is 0 Å². The van der Waals surface area contributed by atoms with Crippen LogP contribution in [-0.2, 0) is 6.54 Å². The molecule has 1 aliphatic rings. The molecule has 0 spiro atoms. The number of hydrogen-bond donors (Lipinski definition) is 1. The molecule has 0 atom stereocenters. The first-order valence-corrected chi connectivity index (χ1v) is 8.95. The Kier molecular flexibility index (Phi) is 5.14. The highest BCUT2D eigenvalue weighted by atomic mass is 19.1. The van der Waals surface area contributed by atoms with E-state index in [1.54, 1.807) is 35.4 Å². The van der Waals surface area contributed by atoms with Gasteiger partial charge in [-0.3, -0.25) is 4.79 Å². The normalized spacial score (nSPS) is 14.2. The monoisotopic (exact) mass is 382 g/mol. The SMILES string of the molecule is O=C(c1ccco1)N1CCN(c2nncc(NCc3ccc(F)cc3)n2)CC1. The van der Waals surface area contributed by atoms with Crippen molar-refractivity contribution in [1.82, 2.24) is 20.1 Å². The van der Waals surface area contributed by atoms with E-state index in [0.717, 1.165) is 5.56 Å². The lowest BCUT2D eigenvalue weighted by atomic mass is 10.2. The summed E-state index contributed by atoms with van der Waals surface area (Å²) in [5.41, 5.74) is 0.937. The summed E-state index contributed by atoms with van der Waals surface area (Å²) < 4.78 is 18.2. The Bertz CT molecular complexity index is 924. The minimum atomic E-state index is -0.264. The predicted octanol–water partition coefficient (Wildman–Crippen LogP) is 2.18. The zero-order valence-electron chi connectivity index (χ0n) is 15.1. The number of anilines is 2. The third kappa shape index (κ3) is 4.08. The lowest BCUT2D eigenvalue weighted by Gasteiger charge is -2.34. The van der Waals surface area contributed by atoms with Crippen LogP contribution >= 0.6 is 0 Å². The first-order valence-electron chi connectivity index (χ1n) is 8.95. The van der Waals surface area contributed by atoms with Crippen LogP contribution in [0.25, 0.3) is 0 Å². The van der Waals surface area contributed by atoms with Gasteiger partial charge in [-0.25, -0.2) is 4.39 Å². The van der Waals surface area contributed by atoms with Crippen molar-refractivity contribution in [1.29, 1.82) is 0 Å². The molecular weight excluding hydrogens is 363 g/mol. The summed E-state index contributed by atoms with van der Waals surface area (Å²) in [5.74, 6) is 1.06. The Balaban J connectivity index is 1.34. The Labute approximate surface area is 161 Å². The summed E-state index contributed by atoms with van der Waals surface area (Å²) in [6.07, 6.45) is 3.04. The van der Waals surface area contributed by atoms with Gasteiger partial charge in [0.1, 0.15) is 5.82 Å². The van der Waals surface area contributed by atoms with Gasteiger partial charge < -0.3 is 19.5 Å². The summed E-state index contributed by atoms with van der Waals surface area (Å²) in [6.45, 7) is 2.82. The van der Waals surface area contributed by atoms with E-state index in [4.69, 9.17) is 4.42 Å². The molecule has 1 fully saturated rings. The van der Waals surface area contributed by atoms with Gasteiger partial charge in [0, 0.05) is 32.7 Å². The van der Waals surface area contributed by atoms with Crippen molar-refractivity contribution < 1.29 is 13.6 Å². The fourth-order valence-corrected chi connectivity index (χ4v) is 2.97. The molecule has 0 saturated carbocycles. The van der Waals surface area contributed by atoms with Crippen molar-refractivity contribution in [2.45, 2.75) is 6.54 Å². The van der Waals surface area contributed by atoms with E-state index >= 15 is 0 Å². The Morgan fingerprint density at radius 2 is 1.93 bits per heavy atom. The third-order valence-corrected chi connectivity index (χ3v) is 4.52. The van der Waals surface area contributed by atoms with Crippen LogP contribution in [-0.4, -0.2) is 52.2 Å². The number of halogens is 1. The van der Waals surface area contributed by atoms with Crippen molar-refractivity contribution in [3.05, 3.63) is 66.0 Å². The van der Waals surface area contributed by atoms with Crippen LogP contribution in [0.1, 0.15) is 16.1 Å². The average molecular weight is 382 g/mol. The minimum Gasteiger partial charge on any atom is -0.459 e. The molecule has 9 heteroatoms. The summed E-state index contributed by atoms with van der Waals surface area (Å²) in [6, 6.07) is 9.64. The van der Waals surface area contributed by atoms with Crippen molar-refractivity contribution in [2.24, 2.45) is 0 Å². The second-order valence-electron chi connectivity index (χ2n) is 6.38. The molecule has 1 N–H and O–H groups in total. The molecule has 2 aromatic heterocycles. The molecule has 4 rings (SSSR count). The van der Waals surface area contributed by atoms with Crippen LogP contribution in [0.4, 0.5) is 16.2 Å². The fourth-order valence-electron chi connectivity index (χ4n) is 2.97. The standard InChI is InChI=1S/C19H19FN6O2/c20-15-5-3-14(4-6-15)12-21-17-13-22-24-19(23-17)26-9-7-25(8-10-26)18(27)16-2-1-11-28-16/h1-6,11,13H,7-10,12H2,(H,21,23,24). The number of furan rings is 1. The van der Waals surface area contributed by atoms with Gasteiger partial charge in [-0.15, -0.1) is 5.10 Å². The summed E-state index contributed by atoms with van der Waals surface area (Å²) in [5, 5.41) is 11.3. The van der Waals surface area contributed by atoms with Crippen LogP contribution < -0.4 is 10.2 Å². The van der Waals surface area contributed by atoms with E-state index in [2.05, 4.69) is 20.5 Å². The van der Waals surface area contributed by atoms with Gasteiger partial charge in [-0.05, 0) is 29.8 Å². The summed E-state index contributed by atoms with van der Waals surface area (Å²) >= 11 is 0. The highest BCUT2D eigenvalue weighted by Gasteiger charge is 2.25. The molecule has 1 aromatic carbocycles. The average Bonchev–Trinajstić information content (AvgIpc) is 3.28. The number of hydrogen-bond acceptors (Lipinski definition) is 7. The first-order chi connectivity index (χ1) is 13.7. The quantitative estimate of drug-likeness (QED) is 0.724. The van der Waals surface area contributed by atoms with Gasteiger partial charge in [-0.2, -0.15) is 10.1 Å². The molecule has 0 unspecified atom stereocenters. The molecule has 1 amide bonds. The number of carbonyl (C=O) groups is 1. The molecular formula is C19H19FN6O2. The minimum absolute atomic E-state index is 0.113. The van der Waals surface area contributed by atoms with E-state index < -0.39 is 0 Å². The van der Waals surface area contributed by atoms with Gasteiger partial charge in [0.15, 0.2) is 11.6 Å². The lowest BCUT2D eigenvalue weighted by Crippen LogP contribution is -2.49. The van der Waals surface area contributed by atoms with Crippen LogP contribution in [0.3, 0.4) is 0 Å². The second kappa shape index (κ2) is 8.03. The van der Waals surface area contributed by atoms with Crippen LogP contribution in [0.15, 0.2) is 53.3 Å². The zero-order chi connectivity index (χ0) is 19.3. The number of nitrogens with one attached hydrogen (secondary N) is 1. The van der Waals surface area contributed by atoms with Crippen molar-refractivity contribution in [2.75, 3.05) is 36.4 Å². The summed E-state index contributed by atoms with van der Waals surface area (Å²) in [4.78, 5) is 20.6. The maximum atomic E-state index is 13.0. The number of piperazine rings is 1. The first kappa shape index (κ1) is 17.9.